The predicted molar refractivity (Wildman–Crippen MR) is 69.6 cm³/mol. The molecule has 0 bridgehead atoms. The number of fused-ring (bicyclic) bond motifs is 3. The number of rotatable bonds is 0. The van der Waals surface area contributed by atoms with Gasteiger partial charge >= 0.3 is 0 Å². The van der Waals surface area contributed by atoms with Gasteiger partial charge in [-0.05, 0) is 23.8 Å². The van der Waals surface area contributed by atoms with Gasteiger partial charge < -0.3 is 0 Å². The van der Waals surface area contributed by atoms with Crippen molar-refractivity contribution >= 4 is 39.3 Å². The maximum Gasteiger partial charge on any atom is 0.0396 e. The Morgan fingerprint density at radius 3 is 3.07 bits per heavy atom. The minimum atomic E-state index is 0.366. The van der Waals surface area contributed by atoms with Gasteiger partial charge in [0.1, 0.15) is 0 Å². The summed E-state index contributed by atoms with van der Waals surface area (Å²) < 4.78 is 1.14. The molecule has 2 unspecified atom stereocenters. The number of halogens is 2. The van der Waals surface area contributed by atoms with E-state index in [2.05, 4.69) is 46.3 Å². The van der Waals surface area contributed by atoms with E-state index in [1.807, 2.05) is 17.8 Å². The van der Waals surface area contributed by atoms with Gasteiger partial charge in [0.15, 0.2) is 0 Å². The van der Waals surface area contributed by atoms with Crippen molar-refractivity contribution in [1.29, 1.82) is 0 Å². The minimum absolute atomic E-state index is 0.366. The molecule has 0 saturated carbocycles. The van der Waals surface area contributed by atoms with Gasteiger partial charge in [-0.15, -0.1) is 11.8 Å². The van der Waals surface area contributed by atoms with Gasteiger partial charge in [-0.1, -0.05) is 45.7 Å². The molecule has 0 N–H and O–H groups in total. The lowest BCUT2D eigenvalue weighted by atomic mass is 9.92. The highest BCUT2D eigenvalue weighted by Crippen LogP contribution is 2.52. The minimum Gasteiger partial charge on any atom is -0.117 e. The first-order chi connectivity index (χ1) is 7.25. The van der Waals surface area contributed by atoms with Gasteiger partial charge in [-0.25, -0.2) is 0 Å². The van der Waals surface area contributed by atoms with Crippen molar-refractivity contribution in [2.75, 3.05) is 0 Å². The van der Waals surface area contributed by atoms with Gasteiger partial charge in [-0.2, -0.15) is 0 Å². The normalized spacial score (nSPS) is 27.2. The quantitative estimate of drug-likeness (QED) is 0.669. The second-order valence-corrected chi connectivity index (χ2v) is 6.25. The van der Waals surface area contributed by atoms with Crippen molar-refractivity contribution in [1.82, 2.24) is 0 Å². The molecule has 3 rings (SSSR count). The molecule has 2 atom stereocenters. The first-order valence-electron chi connectivity index (χ1n) is 4.76. The zero-order valence-corrected chi connectivity index (χ0v) is 10.9. The number of allylic oxidation sites excluding steroid dienone is 3. The van der Waals surface area contributed by atoms with E-state index in [9.17, 15) is 0 Å². The second kappa shape index (κ2) is 3.69. The maximum absolute atomic E-state index is 6.27. The largest absolute Gasteiger partial charge is 0.117 e. The van der Waals surface area contributed by atoms with Gasteiger partial charge in [0, 0.05) is 25.6 Å². The van der Waals surface area contributed by atoms with Gasteiger partial charge in [0.05, 0.1) is 0 Å². The standard InChI is InChI=1S/C12H8BrClS/c13-7-4-5-8-11(6-7)15-10-3-1-2-9(14)12(8)10/h1-6,10,12H. The summed E-state index contributed by atoms with van der Waals surface area (Å²) in [5.74, 6) is 0.366. The highest BCUT2D eigenvalue weighted by Gasteiger charge is 2.34. The molecule has 1 aromatic carbocycles. The number of thioether (sulfide) groups is 1. The monoisotopic (exact) mass is 298 g/mol. The van der Waals surface area contributed by atoms with Gasteiger partial charge in [0.2, 0.25) is 0 Å². The summed E-state index contributed by atoms with van der Waals surface area (Å²) in [5.41, 5.74) is 1.36. The topological polar surface area (TPSA) is 0 Å². The second-order valence-electron chi connectivity index (χ2n) is 3.68. The predicted octanol–water partition coefficient (Wildman–Crippen LogP) is 4.70. The zero-order chi connectivity index (χ0) is 10.4. The summed E-state index contributed by atoms with van der Waals surface area (Å²) in [5, 5.41) is 1.43. The molecule has 0 spiro atoms. The molecule has 0 aromatic heterocycles. The van der Waals surface area contributed by atoms with Crippen LogP contribution in [0.25, 0.3) is 0 Å². The third-order valence-electron chi connectivity index (χ3n) is 2.76. The average molecular weight is 300 g/mol. The van der Waals surface area contributed by atoms with E-state index >= 15 is 0 Å². The molecule has 1 heterocycles. The van der Waals surface area contributed by atoms with Crippen molar-refractivity contribution in [2.24, 2.45) is 0 Å². The van der Waals surface area contributed by atoms with Gasteiger partial charge in [-0.3, -0.25) is 0 Å². The Morgan fingerprint density at radius 1 is 1.33 bits per heavy atom. The Morgan fingerprint density at radius 2 is 2.20 bits per heavy atom. The lowest BCUT2D eigenvalue weighted by Gasteiger charge is -2.18. The summed E-state index contributed by atoms with van der Waals surface area (Å²) in [7, 11) is 0. The molecule has 3 heteroatoms. The van der Waals surface area contributed by atoms with Crippen LogP contribution in [0.4, 0.5) is 0 Å². The van der Waals surface area contributed by atoms with E-state index < -0.39 is 0 Å². The molecule has 0 radical (unpaired) electrons. The molecule has 76 valence electrons. The fourth-order valence-electron chi connectivity index (χ4n) is 2.08. The molecule has 1 aliphatic carbocycles. The lowest BCUT2D eigenvalue weighted by Crippen LogP contribution is -2.10. The number of hydrogen-bond acceptors (Lipinski definition) is 1. The van der Waals surface area contributed by atoms with Crippen LogP contribution in [-0.2, 0) is 0 Å². The average Bonchev–Trinajstić information content (AvgIpc) is 2.56. The molecule has 0 fully saturated rings. The van der Waals surface area contributed by atoms with E-state index in [0.717, 1.165) is 9.51 Å². The highest BCUT2D eigenvalue weighted by atomic mass is 79.9. The molecule has 15 heavy (non-hydrogen) atoms. The summed E-state index contributed by atoms with van der Waals surface area (Å²) in [6.45, 7) is 0. The maximum atomic E-state index is 6.27. The van der Waals surface area contributed by atoms with Crippen molar-refractivity contribution < 1.29 is 0 Å². The third-order valence-corrected chi connectivity index (χ3v) is 4.92. The SMILES string of the molecule is ClC1=CC=CC2Sc3cc(Br)ccc3C12. The summed E-state index contributed by atoms with van der Waals surface area (Å²) >= 11 is 11.7. The highest BCUT2D eigenvalue weighted by molar-refractivity contribution is 9.10. The molecule has 0 nitrogen and oxygen atoms in total. The van der Waals surface area contributed by atoms with E-state index in [1.165, 1.54) is 10.5 Å². The molecule has 0 amide bonds. The van der Waals surface area contributed by atoms with Crippen LogP contribution in [0.1, 0.15) is 11.5 Å². The molecule has 2 aliphatic rings. The fraction of sp³-hybridized carbons (Fsp3) is 0.167. The van der Waals surface area contributed by atoms with Crippen LogP contribution >= 0.6 is 39.3 Å². The van der Waals surface area contributed by atoms with Crippen LogP contribution in [0.3, 0.4) is 0 Å². The van der Waals surface area contributed by atoms with Crippen molar-refractivity contribution in [3.8, 4) is 0 Å². The molecule has 0 saturated heterocycles. The Hall–Kier alpha value is -0.180. The van der Waals surface area contributed by atoms with Crippen LogP contribution in [-0.4, -0.2) is 5.25 Å². The summed E-state index contributed by atoms with van der Waals surface area (Å²) in [6.07, 6.45) is 6.28. The van der Waals surface area contributed by atoms with Crippen LogP contribution in [0.15, 0.2) is 50.8 Å². The van der Waals surface area contributed by atoms with Crippen LogP contribution in [0.2, 0.25) is 0 Å². The van der Waals surface area contributed by atoms with Crippen molar-refractivity contribution in [3.05, 3.63) is 51.5 Å². The Labute approximate surface area is 107 Å². The van der Waals surface area contributed by atoms with Gasteiger partial charge in [0.25, 0.3) is 0 Å². The first-order valence-corrected chi connectivity index (χ1v) is 6.81. The molecular weight excluding hydrogens is 292 g/mol. The first kappa shape index (κ1) is 10.0. The van der Waals surface area contributed by atoms with E-state index in [1.54, 1.807) is 0 Å². The number of benzene rings is 1. The van der Waals surface area contributed by atoms with Crippen LogP contribution in [0, 0.1) is 0 Å². The smallest absolute Gasteiger partial charge is 0.0396 e. The van der Waals surface area contributed by atoms with Crippen LogP contribution < -0.4 is 0 Å². The Balaban J connectivity index is 2.13. The number of hydrogen-bond donors (Lipinski definition) is 0. The molecule has 1 aromatic rings. The third kappa shape index (κ3) is 1.59. The summed E-state index contributed by atoms with van der Waals surface area (Å²) in [4.78, 5) is 1.34. The van der Waals surface area contributed by atoms with Crippen molar-refractivity contribution in [2.45, 2.75) is 16.1 Å². The van der Waals surface area contributed by atoms with Crippen LogP contribution in [0.5, 0.6) is 0 Å². The Kier molecular flexibility index (Phi) is 2.46. The fourth-order valence-corrected chi connectivity index (χ4v) is 4.41. The Bertz CT molecular complexity index is 479. The zero-order valence-electron chi connectivity index (χ0n) is 7.78. The van der Waals surface area contributed by atoms with E-state index in [0.29, 0.717) is 11.2 Å². The lowest BCUT2D eigenvalue weighted by molar-refractivity contribution is 0.863. The molecule has 1 aliphatic heterocycles. The van der Waals surface area contributed by atoms with E-state index in [-0.39, 0.29) is 0 Å². The van der Waals surface area contributed by atoms with E-state index in [4.69, 9.17) is 11.6 Å². The van der Waals surface area contributed by atoms with Crippen molar-refractivity contribution in [3.63, 3.8) is 0 Å². The summed E-state index contributed by atoms with van der Waals surface area (Å²) in [6, 6.07) is 6.44. The molecular formula is C12H8BrClS.